The molecule has 8 atom stereocenters. The fraction of sp³-hybridized carbons (Fsp3) is 0.574. The van der Waals surface area contributed by atoms with Crippen LogP contribution in [-0.2, 0) is 154 Å². The van der Waals surface area contributed by atoms with E-state index in [-0.39, 0.29) is 154 Å². The number of carboxylic acids is 1. The summed E-state index contributed by atoms with van der Waals surface area (Å²) in [7, 11) is 1.62. The molecular formula is C101H133FN12O31. The van der Waals surface area contributed by atoms with Crippen molar-refractivity contribution >= 4 is 81.5 Å². The van der Waals surface area contributed by atoms with Crippen molar-refractivity contribution in [3.05, 3.63) is 156 Å². The molecule has 4 aromatic carbocycles. The maximum atomic E-state index is 15.8. The number of hydrogen-bond donors (Lipinski definition) is 13. The van der Waals surface area contributed by atoms with E-state index in [0.29, 0.717) is 223 Å². The second-order valence-corrected chi connectivity index (χ2v) is 36.6. The maximum absolute atomic E-state index is 15.8. The zero-order valence-electron chi connectivity index (χ0n) is 82.0. The van der Waals surface area contributed by atoms with Gasteiger partial charge < -0.3 is 153 Å². The SMILES string of the molecule is CC[C@@]1(O)C(=O)OCc2c1cc1n(c2=O)Cc2c-1nc1cc(F)c(C)c3c1c2[C@@H](NC(=O)OCc1ccc(O[C@@H]2O[C@H](C(=O)O)[C@@H](O)[C@H](O)[C@H]2O)c(CNC(=O)CCNC(=O)[C@H](CNC(=O)CCOCCOCCOCCOCCOCCOCCOCCOCCOCCOCCOCCOC)NC(=O)C2CC4(CCN(C(=O)CCCCC(=O)N5Cc6ccccc6C6=C(NNN6)c6ccccc65)CC4)C2)c1)CC3. The number of aliphatic hydroxyl groups excluding tert-OH is 3. The maximum Gasteiger partial charge on any atom is 0.407 e. The molecular weight excluding hydrogens is 1900 g/mol. The molecule has 2 saturated heterocycles. The molecule has 790 valence electrons. The number of ether oxygens (including phenoxy) is 16. The van der Waals surface area contributed by atoms with Gasteiger partial charge in [-0.15, -0.1) is 5.53 Å². The predicted molar refractivity (Wildman–Crippen MR) is 515 cm³/mol. The molecule has 1 saturated carbocycles. The van der Waals surface area contributed by atoms with Gasteiger partial charge in [0.2, 0.25) is 41.7 Å². The zero-order chi connectivity index (χ0) is 102. The van der Waals surface area contributed by atoms with Gasteiger partial charge in [-0.1, -0.05) is 55.5 Å². The number of aliphatic carboxylic acids is 1. The molecule has 8 aliphatic rings. The fourth-order valence-corrected chi connectivity index (χ4v) is 19.0. The average molecular weight is 2030 g/mol. The molecule has 8 heterocycles. The van der Waals surface area contributed by atoms with E-state index in [1.807, 2.05) is 58.3 Å². The summed E-state index contributed by atoms with van der Waals surface area (Å²) in [6.45, 7) is 11.5. The molecule has 1 spiro atoms. The summed E-state index contributed by atoms with van der Waals surface area (Å²) < 4.78 is 106. The van der Waals surface area contributed by atoms with Gasteiger partial charge in [-0.2, -0.15) is 0 Å². The molecule has 14 rings (SSSR count). The lowest BCUT2D eigenvalue weighted by molar-refractivity contribution is -0.271. The van der Waals surface area contributed by atoms with Gasteiger partial charge in [-0.3, -0.25) is 33.6 Å². The van der Waals surface area contributed by atoms with E-state index in [1.54, 1.807) is 21.0 Å². The number of para-hydroxylation sites is 1. The molecule has 0 bridgehead atoms. The number of carboxylic acid groups (broad SMARTS) is 1. The number of nitrogens with one attached hydrogen (secondary N) is 8. The number of rotatable bonds is 58. The van der Waals surface area contributed by atoms with Crippen LogP contribution in [0, 0.1) is 24.1 Å². The molecule has 44 heteroatoms. The number of methoxy groups -OCH3 is 1. The van der Waals surface area contributed by atoms with Gasteiger partial charge in [0.1, 0.15) is 49.1 Å². The van der Waals surface area contributed by atoms with Gasteiger partial charge in [0.05, 0.1) is 211 Å². The number of alkyl carbamates (subject to hydrolysis) is 1. The van der Waals surface area contributed by atoms with Crippen LogP contribution >= 0.6 is 0 Å². The van der Waals surface area contributed by atoms with Crippen molar-refractivity contribution in [3.63, 3.8) is 0 Å². The number of hydrazine groups is 2. The van der Waals surface area contributed by atoms with Gasteiger partial charge in [0, 0.05) is 111 Å². The molecule has 3 fully saturated rings. The van der Waals surface area contributed by atoms with Crippen molar-refractivity contribution in [1.82, 2.24) is 57.4 Å². The number of piperidine rings is 1. The van der Waals surface area contributed by atoms with Crippen LogP contribution in [0.15, 0.2) is 83.7 Å². The molecule has 0 radical (unpaired) electrons. The number of amides is 7. The van der Waals surface area contributed by atoms with Crippen LogP contribution in [0.3, 0.4) is 0 Å². The van der Waals surface area contributed by atoms with Crippen LogP contribution in [0.25, 0.3) is 33.7 Å². The fourth-order valence-electron chi connectivity index (χ4n) is 19.0. The molecule has 43 nitrogen and oxygen atoms in total. The third-order valence-electron chi connectivity index (χ3n) is 27.1. The van der Waals surface area contributed by atoms with Crippen LogP contribution in [0.1, 0.15) is 151 Å². The number of nitrogens with zero attached hydrogens (tertiary/aromatic N) is 4. The second kappa shape index (κ2) is 53.8. The molecule has 0 unspecified atom stereocenters. The number of fused-ring (bicyclic) bond motifs is 9. The number of aryl methyl sites for hydroxylation is 1. The number of hydrogen-bond acceptors (Lipinski definition) is 34. The van der Waals surface area contributed by atoms with Gasteiger partial charge in [0.15, 0.2) is 11.7 Å². The average Bonchev–Trinajstić information content (AvgIpc) is 1.52. The lowest BCUT2D eigenvalue weighted by Gasteiger charge is -2.51. The van der Waals surface area contributed by atoms with Gasteiger partial charge in [0.25, 0.3) is 5.56 Å². The van der Waals surface area contributed by atoms with E-state index in [9.17, 15) is 73.5 Å². The third-order valence-corrected chi connectivity index (χ3v) is 27.1. The van der Waals surface area contributed by atoms with Gasteiger partial charge in [-0.25, -0.2) is 23.8 Å². The van der Waals surface area contributed by atoms with Crippen molar-refractivity contribution in [2.75, 3.05) is 190 Å². The number of aliphatic hydroxyl groups is 4. The first kappa shape index (κ1) is 109. The van der Waals surface area contributed by atoms with Crippen molar-refractivity contribution in [3.8, 4) is 17.1 Å². The Balaban J connectivity index is 0.532. The first-order valence-electron chi connectivity index (χ1n) is 49.5. The highest BCUT2D eigenvalue weighted by Gasteiger charge is 2.52. The molecule has 6 aromatic rings. The van der Waals surface area contributed by atoms with E-state index < -0.39 is 114 Å². The highest BCUT2D eigenvalue weighted by atomic mass is 19.1. The topological polar surface area (TPSA) is 540 Å². The highest BCUT2D eigenvalue weighted by molar-refractivity contribution is 6.02. The number of carbonyl (C=O) groups excluding carboxylic acids is 8. The minimum Gasteiger partial charge on any atom is -0.479 e. The Labute approximate surface area is 837 Å². The van der Waals surface area contributed by atoms with Crippen LogP contribution in [0.2, 0.25) is 0 Å². The first-order chi connectivity index (χ1) is 70.4. The summed E-state index contributed by atoms with van der Waals surface area (Å²) in [4.78, 5) is 146. The predicted octanol–water partition coefficient (Wildman–Crippen LogP) is 3.22. The number of aromatic nitrogens is 2. The van der Waals surface area contributed by atoms with Crippen LogP contribution in [-0.4, -0.2) is 315 Å². The Morgan fingerprint density at radius 3 is 1.83 bits per heavy atom. The zero-order valence-corrected chi connectivity index (χ0v) is 82.0. The Morgan fingerprint density at radius 2 is 1.21 bits per heavy atom. The lowest BCUT2D eigenvalue weighted by atomic mass is 9.57. The minimum atomic E-state index is -2.13. The Morgan fingerprint density at radius 1 is 0.634 bits per heavy atom. The van der Waals surface area contributed by atoms with E-state index in [2.05, 4.69) is 43.0 Å². The minimum absolute atomic E-state index is 0.0120. The highest BCUT2D eigenvalue weighted by Crippen LogP contribution is 2.53. The Bertz CT molecular complexity index is 5560. The number of halogens is 1. The van der Waals surface area contributed by atoms with Crippen molar-refractivity contribution in [2.24, 2.45) is 11.3 Å². The molecule has 6 aliphatic heterocycles. The van der Waals surface area contributed by atoms with Gasteiger partial charge in [-0.05, 0) is 122 Å². The number of pyridine rings is 2. The molecule has 145 heavy (non-hydrogen) atoms. The van der Waals surface area contributed by atoms with E-state index >= 15 is 4.39 Å². The van der Waals surface area contributed by atoms with Crippen LogP contribution in [0.5, 0.6) is 5.75 Å². The molecule has 7 amide bonds. The number of cyclic esters (lactones) is 1. The Kier molecular flexibility index (Phi) is 40.6. The summed E-state index contributed by atoms with van der Waals surface area (Å²) in [5.41, 5.74) is 15.3. The van der Waals surface area contributed by atoms with E-state index in [1.165, 1.54) is 34.9 Å². The number of anilines is 1. The normalized spacial score (nSPS) is 19.7. The summed E-state index contributed by atoms with van der Waals surface area (Å²) >= 11 is 0. The summed E-state index contributed by atoms with van der Waals surface area (Å²) in [6.07, 6.45) is -7.28. The van der Waals surface area contributed by atoms with Crippen molar-refractivity contribution in [2.45, 2.75) is 179 Å². The molecule has 2 aliphatic carbocycles. The quantitative estimate of drug-likeness (QED) is 0.0192. The standard InChI is InChI=1S/C101H133FN12O31/c1-4-101(129)72-52-78-86-70(59-114(78)95(124)71(72)61-142-98(101)127)85-74(19-18-67-62(2)73(102)53-75(106-86)84(67)85)108-99(128)143-60-63-17-20-79(144-97-91(121)89(119)90(120)92(145-97)96(125)126)65(51-63)56-104-80(115)21-25-103-94(123)76(57-105-81(116)22-28-131-31-32-133-35-36-135-39-40-137-43-44-139-47-48-141-50-49-140-46-45-138-42-41-136-38-37-134-34-33-132-30-29-130-3)107-93(122)66-54-100(55-66)23-26-112(27-24-100)82(117)15-9-10-16-83(118)113-58-64-11-5-6-12-68(64)87-88(110-111-109-87)69-13-7-8-14-77(69)113/h5-8,11-14,17,20,51-53,66,74,76,89-92,97,109-111,119-121,129H,4,9-10,15-16,18-19,21-50,54-61H2,1-3H3,(H,103,123)(H,104,115)(H,105,116)(H,107,122)(H,108,128)(H,125,126)/t74-,76-,89-,90-,91+,92-,97+,101-/m0/s1. The van der Waals surface area contributed by atoms with E-state index in [0.717, 1.165) is 33.8 Å². The molecule has 2 aromatic heterocycles. The van der Waals surface area contributed by atoms with Crippen molar-refractivity contribution in [1.29, 1.82) is 0 Å². The molecule has 13 N–H and O–H groups in total. The number of carbonyl (C=O) groups is 9. The largest absolute Gasteiger partial charge is 0.479 e. The number of unbranched alkanes of at least 4 members (excludes halogenated alkanes) is 1. The Hall–Kier alpha value is -11.4. The number of esters is 1. The summed E-state index contributed by atoms with van der Waals surface area (Å²) in [6, 6.07) is 20.6. The first-order valence-corrected chi connectivity index (χ1v) is 49.5. The van der Waals surface area contributed by atoms with Gasteiger partial charge >= 0.3 is 18.0 Å². The third kappa shape index (κ3) is 28.5. The second-order valence-electron chi connectivity index (χ2n) is 36.6. The summed E-state index contributed by atoms with van der Waals surface area (Å²) in [5, 5.41) is 68.3. The lowest BCUT2D eigenvalue weighted by Crippen LogP contribution is -2.61. The van der Waals surface area contributed by atoms with E-state index in [4.69, 9.17) is 80.8 Å². The van der Waals surface area contributed by atoms with Crippen LogP contribution < -0.4 is 58.2 Å². The number of benzene rings is 4. The van der Waals surface area contributed by atoms with Crippen LogP contribution in [0.4, 0.5) is 14.9 Å². The summed E-state index contributed by atoms with van der Waals surface area (Å²) in [5.74, 6) is -6.17. The number of likely N-dealkylation sites (tertiary alicyclic amines) is 1. The van der Waals surface area contributed by atoms with Crippen molar-refractivity contribution < 1.29 is 149 Å². The smallest absolute Gasteiger partial charge is 0.407 e. The monoisotopic (exact) mass is 2030 g/mol.